The molecule has 0 aliphatic heterocycles. The molecule has 0 unspecified atom stereocenters. The summed E-state index contributed by atoms with van der Waals surface area (Å²) in [6.07, 6.45) is 0. The Labute approximate surface area is 116 Å². The van der Waals surface area contributed by atoms with Gasteiger partial charge in [-0.05, 0) is 6.92 Å². The van der Waals surface area contributed by atoms with Gasteiger partial charge in [-0.25, -0.2) is 0 Å². The van der Waals surface area contributed by atoms with E-state index in [0.29, 0.717) is 5.76 Å². The highest BCUT2D eigenvalue weighted by atomic mass is 16.5. The summed E-state index contributed by atoms with van der Waals surface area (Å²) < 4.78 is 5.12. The van der Waals surface area contributed by atoms with Crippen molar-refractivity contribution in [1.29, 1.82) is 0 Å². The number of amides is 1. The maximum Gasteiger partial charge on any atom is 0.274 e. The van der Waals surface area contributed by atoms with Crippen LogP contribution in [0.4, 0.5) is 0 Å². The summed E-state index contributed by atoms with van der Waals surface area (Å²) in [5.74, 6) is -0.0352. The predicted octanol–water partition coefficient (Wildman–Crippen LogP) is 0.815. The number of carbonyl (C=O) groups excluding carboxylic acids is 1. The zero-order valence-electron chi connectivity index (χ0n) is 11.0. The molecule has 1 amide bonds. The minimum Gasteiger partial charge on any atom is -0.394 e. The summed E-state index contributed by atoms with van der Waals surface area (Å²) >= 11 is 0. The van der Waals surface area contributed by atoms with Crippen LogP contribution in [0.25, 0.3) is 11.3 Å². The van der Waals surface area contributed by atoms with E-state index in [1.165, 1.54) is 13.0 Å². The smallest absolute Gasteiger partial charge is 0.274 e. The predicted molar refractivity (Wildman–Crippen MR) is 72.0 cm³/mol. The van der Waals surface area contributed by atoms with Crippen LogP contribution in [-0.2, 0) is 0 Å². The van der Waals surface area contributed by atoms with Crippen LogP contribution in [0.3, 0.4) is 0 Å². The van der Waals surface area contributed by atoms with Crippen LogP contribution in [0.2, 0.25) is 0 Å². The second-order valence-electron chi connectivity index (χ2n) is 4.77. The molecule has 6 heteroatoms. The minimum atomic E-state index is -1.09. The zero-order valence-corrected chi connectivity index (χ0v) is 11.0. The number of aliphatic hydroxyl groups is 2. The summed E-state index contributed by atoms with van der Waals surface area (Å²) in [5, 5.41) is 24.5. The quantitative estimate of drug-likeness (QED) is 0.751. The lowest BCUT2D eigenvalue weighted by molar-refractivity contribution is 0.0716. The van der Waals surface area contributed by atoms with Crippen molar-refractivity contribution in [3.05, 3.63) is 42.1 Å². The number of nitrogens with zero attached hydrogens (tertiary/aromatic N) is 1. The molecule has 1 aromatic heterocycles. The van der Waals surface area contributed by atoms with E-state index in [4.69, 9.17) is 14.7 Å². The van der Waals surface area contributed by atoms with E-state index >= 15 is 0 Å². The molecule has 0 aliphatic carbocycles. The van der Waals surface area contributed by atoms with Gasteiger partial charge in [0.05, 0.1) is 18.8 Å². The zero-order chi connectivity index (χ0) is 14.6. The van der Waals surface area contributed by atoms with E-state index in [-0.39, 0.29) is 18.9 Å². The van der Waals surface area contributed by atoms with Crippen LogP contribution in [0, 0.1) is 0 Å². The number of hydrogen-bond donors (Lipinski definition) is 3. The minimum absolute atomic E-state index is 0.0944. The van der Waals surface area contributed by atoms with Crippen LogP contribution in [-0.4, -0.2) is 40.0 Å². The SMILES string of the molecule is CC(CO)(CO)NC(=O)c1cc(-c2ccccc2)on1. The second kappa shape index (κ2) is 5.85. The Morgan fingerprint density at radius 1 is 1.30 bits per heavy atom. The maximum absolute atomic E-state index is 12.0. The van der Waals surface area contributed by atoms with Gasteiger partial charge in [-0.2, -0.15) is 0 Å². The first kappa shape index (κ1) is 14.2. The van der Waals surface area contributed by atoms with Crippen LogP contribution in [0.5, 0.6) is 0 Å². The molecule has 0 aliphatic rings. The fourth-order valence-electron chi connectivity index (χ4n) is 1.59. The summed E-state index contributed by atoms with van der Waals surface area (Å²) in [7, 11) is 0. The molecule has 0 radical (unpaired) electrons. The normalized spacial score (nSPS) is 11.3. The first-order valence-electron chi connectivity index (χ1n) is 6.14. The number of carbonyl (C=O) groups is 1. The molecule has 0 saturated carbocycles. The van der Waals surface area contributed by atoms with Gasteiger partial charge in [0.1, 0.15) is 0 Å². The van der Waals surface area contributed by atoms with Gasteiger partial charge >= 0.3 is 0 Å². The summed E-state index contributed by atoms with van der Waals surface area (Å²) in [6, 6.07) is 10.8. The number of nitrogens with one attached hydrogen (secondary N) is 1. The maximum atomic E-state index is 12.0. The Morgan fingerprint density at radius 3 is 2.55 bits per heavy atom. The van der Waals surface area contributed by atoms with Crippen molar-refractivity contribution >= 4 is 5.91 Å². The lowest BCUT2D eigenvalue weighted by atomic mass is 10.1. The Morgan fingerprint density at radius 2 is 1.95 bits per heavy atom. The summed E-state index contributed by atoms with van der Waals surface area (Å²) in [4.78, 5) is 12.0. The number of rotatable bonds is 5. The van der Waals surface area contributed by atoms with Gasteiger partial charge in [0, 0.05) is 11.6 Å². The van der Waals surface area contributed by atoms with Crippen LogP contribution >= 0.6 is 0 Å². The number of aromatic nitrogens is 1. The van der Waals surface area contributed by atoms with Gasteiger partial charge in [0.15, 0.2) is 11.5 Å². The lowest BCUT2D eigenvalue weighted by Gasteiger charge is -2.25. The molecule has 6 nitrogen and oxygen atoms in total. The summed E-state index contributed by atoms with van der Waals surface area (Å²) in [6.45, 7) is 0.778. The fourth-order valence-corrected chi connectivity index (χ4v) is 1.59. The van der Waals surface area contributed by atoms with E-state index < -0.39 is 11.4 Å². The van der Waals surface area contributed by atoms with Crippen molar-refractivity contribution < 1.29 is 19.5 Å². The van der Waals surface area contributed by atoms with Crippen LogP contribution < -0.4 is 5.32 Å². The van der Waals surface area contributed by atoms with Crippen LogP contribution in [0.1, 0.15) is 17.4 Å². The molecule has 0 atom stereocenters. The van der Waals surface area contributed by atoms with Crippen LogP contribution in [0.15, 0.2) is 40.9 Å². The third kappa shape index (κ3) is 3.04. The van der Waals surface area contributed by atoms with Crippen molar-refractivity contribution in [2.24, 2.45) is 0 Å². The largest absolute Gasteiger partial charge is 0.394 e. The molecule has 0 saturated heterocycles. The van der Waals surface area contributed by atoms with E-state index in [1.54, 1.807) is 0 Å². The Bertz CT molecular complexity index is 576. The highest BCUT2D eigenvalue weighted by Gasteiger charge is 2.26. The van der Waals surface area contributed by atoms with E-state index in [1.807, 2.05) is 30.3 Å². The molecule has 1 aromatic carbocycles. The molecular formula is C14H16N2O4. The molecule has 1 heterocycles. The highest BCUT2D eigenvalue weighted by Crippen LogP contribution is 2.19. The van der Waals surface area contributed by atoms with Crippen molar-refractivity contribution in [2.45, 2.75) is 12.5 Å². The molecule has 0 fully saturated rings. The van der Waals surface area contributed by atoms with Gasteiger partial charge in [-0.15, -0.1) is 0 Å². The molecule has 106 valence electrons. The highest BCUT2D eigenvalue weighted by molar-refractivity contribution is 5.93. The molecule has 0 spiro atoms. The average Bonchev–Trinajstić information content (AvgIpc) is 2.98. The molecule has 0 bridgehead atoms. The molecule has 2 aromatic rings. The van der Waals surface area contributed by atoms with Gasteiger partial charge < -0.3 is 20.1 Å². The third-order valence-corrected chi connectivity index (χ3v) is 2.91. The second-order valence-corrected chi connectivity index (χ2v) is 4.77. The van der Waals surface area contributed by atoms with Crippen molar-refractivity contribution in [3.63, 3.8) is 0 Å². The fraction of sp³-hybridized carbons (Fsp3) is 0.286. The van der Waals surface area contributed by atoms with Crippen molar-refractivity contribution in [3.8, 4) is 11.3 Å². The first-order chi connectivity index (χ1) is 9.58. The van der Waals surface area contributed by atoms with Gasteiger partial charge in [0.2, 0.25) is 0 Å². The number of hydrogen-bond acceptors (Lipinski definition) is 5. The average molecular weight is 276 g/mol. The number of aliphatic hydroxyl groups excluding tert-OH is 2. The van der Waals surface area contributed by atoms with Gasteiger partial charge in [0.25, 0.3) is 5.91 Å². The van der Waals surface area contributed by atoms with E-state index in [9.17, 15) is 4.79 Å². The molecular weight excluding hydrogens is 260 g/mol. The standard InChI is InChI=1S/C14H16N2O4/c1-14(8-17,9-18)15-13(19)11-7-12(20-16-11)10-5-3-2-4-6-10/h2-7,17-18H,8-9H2,1H3,(H,15,19). The number of benzene rings is 1. The molecule has 2 rings (SSSR count). The summed E-state index contributed by atoms with van der Waals surface area (Å²) in [5.41, 5.74) is -0.189. The van der Waals surface area contributed by atoms with E-state index in [0.717, 1.165) is 5.56 Å². The Kier molecular flexibility index (Phi) is 4.16. The van der Waals surface area contributed by atoms with Crippen molar-refractivity contribution in [2.75, 3.05) is 13.2 Å². The topological polar surface area (TPSA) is 95.6 Å². The molecule has 20 heavy (non-hydrogen) atoms. The van der Waals surface area contributed by atoms with E-state index in [2.05, 4.69) is 10.5 Å². The van der Waals surface area contributed by atoms with Gasteiger partial charge in [-0.1, -0.05) is 35.5 Å². The monoisotopic (exact) mass is 276 g/mol. The van der Waals surface area contributed by atoms with Gasteiger partial charge in [-0.3, -0.25) is 4.79 Å². The Hall–Kier alpha value is -2.18. The Balaban J connectivity index is 2.15. The van der Waals surface area contributed by atoms with Crippen molar-refractivity contribution in [1.82, 2.24) is 10.5 Å². The first-order valence-corrected chi connectivity index (χ1v) is 6.14. The lowest BCUT2D eigenvalue weighted by Crippen LogP contribution is -2.51. The third-order valence-electron chi connectivity index (χ3n) is 2.91. The molecule has 3 N–H and O–H groups in total.